The fraction of sp³-hybridized carbons (Fsp3) is 0. The number of rotatable bonds is 0. The Balaban J connectivity index is 2.75. The van der Waals surface area contributed by atoms with Crippen LogP contribution in [0.3, 0.4) is 0 Å². The van der Waals surface area contributed by atoms with Crippen LogP contribution in [0.1, 0.15) is 0 Å². The minimum absolute atomic E-state index is 0.436. The summed E-state index contributed by atoms with van der Waals surface area (Å²) in [7, 11) is 0. The topological polar surface area (TPSA) is 41.6 Å². The van der Waals surface area contributed by atoms with Crippen LogP contribution in [-0.2, 0) is 0 Å². The Morgan fingerprint density at radius 2 is 2.40 bits per heavy atom. The average molecular weight is 154 g/mol. The predicted octanol–water partition coefficient (Wildman–Crippen LogP) is 1.56. The molecule has 3 nitrogen and oxygen atoms in total. The van der Waals surface area contributed by atoms with Gasteiger partial charge >= 0.3 is 0 Å². The van der Waals surface area contributed by atoms with E-state index in [9.17, 15) is 0 Å². The van der Waals surface area contributed by atoms with Crippen LogP contribution in [0.2, 0.25) is 5.15 Å². The van der Waals surface area contributed by atoms with Crippen molar-refractivity contribution >= 4 is 11.6 Å². The van der Waals surface area contributed by atoms with Crippen LogP contribution in [0.4, 0.5) is 0 Å². The van der Waals surface area contributed by atoms with Crippen LogP contribution in [0.25, 0.3) is 11.4 Å². The lowest BCUT2D eigenvalue weighted by Gasteiger charge is -1.94. The summed E-state index contributed by atoms with van der Waals surface area (Å²) >= 11 is 5.59. The van der Waals surface area contributed by atoms with Gasteiger partial charge in [-0.15, -0.1) is 0 Å². The number of nitrogens with zero attached hydrogens (tertiary/aromatic N) is 2. The number of aromatic nitrogens is 3. The third-order valence-electron chi connectivity index (χ3n) is 1.27. The van der Waals surface area contributed by atoms with Gasteiger partial charge in [0.1, 0.15) is 0 Å². The predicted molar refractivity (Wildman–Crippen MR) is 38.0 cm³/mol. The van der Waals surface area contributed by atoms with Crippen molar-refractivity contribution in [3.05, 3.63) is 23.5 Å². The molecule has 0 aliphatic carbocycles. The fourth-order valence-corrected chi connectivity index (χ4v) is 0.961. The number of H-pyrrole nitrogens is 1. The molecule has 2 aliphatic rings. The lowest BCUT2D eigenvalue weighted by Crippen LogP contribution is -1.86. The highest BCUT2D eigenvalue weighted by atomic mass is 35.5. The van der Waals surface area contributed by atoms with Gasteiger partial charge in [-0.25, -0.2) is 0 Å². The molecule has 1 N–H and O–H groups in total. The second-order valence-corrected chi connectivity index (χ2v) is 2.32. The molecular formula is C6H4ClN3. The maximum Gasteiger partial charge on any atom is 0.151 e. The fourth-order valence-electron chi connectivity index (χ4n) is 0.815. The molecule has 0 bridgehead atoms. The highest BCUT2D eigenvalue weighted by Gasteiger charge is 2.03. The smallest absolute Gasteiger partial charge is 0.151 e. The summed E-state index contributed by atoms with van der Waals surface area (Å²) in [6, 6.07) is 3.56. The summed E-state index contributed by atoms with van der Waals surface area (Å²) in [5.41, 5.74) is 1.75. The van der Waals surface area contributed by atoms with Crippen LogP contribution < -0.4 is 0 Å². The Labute approximate surface area is 62.4 Å². The van der Waals surface area contributed by atoms with E-state index in [4.69, 9.17) is 11.6 Å². The Morgan fingerprint density at radius 1 is 1.50 bits per heavy atom. The van der Waals surface area contributed by atoms with E-state index in [2.05, 4.69) is 15.2 Å². The summed E-state index contributed by atoms with van der Waals surface area (Å²) < 4.78 is 0. The zero-order valence-corrected chi connectivity index (χ0v) is 5.76. The molecule has 0 radical (unpaired) electrons. The summed E-state index contributed by atoms with van der Waals surface area (Å²) in [6.45, 7) is 0. The molecule has 0 saturated heterocycles. The summed E-state index contributed by atoms with van der Waals surface area (Å²) in [4.78, 5) is 4.02. The number of aromatic amines is 1. The van der Waals surface area contributed by atoms with Gasteiger partial charge in [-0.3, -0.25) is 10.1 Å². The van der Waals surface area contributed by atoms with Crippen molar-refractivity contribution in [2.75, 3.05) is 0 Å². The Bertz CT molecular complexity index is 317. The van der Waals surface area contributed by atoms with Gasteiger partial charge in [0.15, 0.2) is 5.15 Å². The van der Waals surface area contributed by atoms with Gasteiger partial charge < -0.3 is 0 Å². The molecule has 2 rings (SSSR count). The molecule has 2 heterocycles. The van der Waals surface area contributed by atoms with E-state index in [1.54, 1.807) is 12.3 Å². The second-order valence-electron chi connectivity index (χ2n) is 1.93. The highest BCUT2D eigenvalue weighted by molar-refractivity contribution is 6.29. The zero-order chi connectivity index (χ0) is 6.97. The van der Waals surface area contributed by atoms with Gasteiger partial charge in [-0.2, -0.15) is 5.10 Å². The molecule has 10 heavy (non-hydrogen) atoms. The normalized spacial score (nSPS) is 10.5. The average Bonchev–Trinajstić information content (AvgIpc) is 2.33. The molecule has 50 valence electrons. The van der Waals surface area contributed by atoms with E-state index in [-0.39, 0.29) is 0 Å². The largest absolute Gasteiger partial charge is 0.275 e. The standard InChI is InChI=1S/C6H4ClN3/c7-6-3-5-4(9-10-6)1-2-8-5/h1-3,9H. The van der Waals surface area contributed by atoms with Gasteiger partial charge in [-0.05, 0) is 6.07 Å². The number of hydrogen-bond donors (Lipinski definition) is 1. The van der Waals surface area contributed by atoms with Crippen LogP contribution in [0, 0.1) is 0 Å². The van der Waals surface area contributed by atoms with Crippen molar-refractivity contribution in [3.8, 4) is 11.4 Å². The molecular weight excluding hydrogens is 150 g/mol. The molecule has 0 aromatic rings. The molecule has 0 atom stereocenters. The molecule has 2 aliphatic heterocycles. The molecule has 4 heteroatoms. The Hall–Kier alpha value is -1.09. The van der Waals surface area contributed by atoms with Crippen LogP contribution >= 0.6 is 11.6 Å². The number of fused-ring (bicyclic) bond motifs is 1. The second kappa shape index (κ2) is 1.95. The number of hydrogen-bond acceptors (Lipinski definition) is 2. The van der Waals surface area contributed by atoms with Crippen LogP contribution in [0.15, 0.2) is 18.3 Å². The van der Waals surface area contributed by atoms with E-state index in [0.29, 0.717) is 5.15 Å². The van der Waals surface area contributed by atoms with Crippen molar-refractivity contribution in [1.29, 1.82) is 0 Å². The van der Waals surface area contributed by atoms with E-state index >= 15 is 0 Å². The Kier molecular flexibility index (Phi) is 1.11. The van der Waals surface area contributed by atoms with Gasteiger partial charge in [0.2, 0.25) is 0 Å². The van der Waals surface area contributed by atoms with Crippen molar-refractivity contribution in [2.24, 2.45) is 0 Å². The van der Waals surface area contributed by atoms with E-state index < -0.39 is 0 Å². The number of nitrogens with one attached hydrogen (secondary N) is 1. The Morgan fingerprint density at radius 3 is 3.30 bits per heavy atom. The lowest BCUT2D eigenvalue weighted by atomic mass is 10.3. The van der Waals surface area contributed by atoms with Gasteiger partial charge in [0.05, 0.1) is 11.4 Å². The van der Waals surface area contributed by atoms with Crippen molar-refractivity contribution in [2.45, 2.75) is 0 Å². The van der Waals surface area contributed by atoms with Gasteiger partial charge in [0, 0.05) is 12.3 Å². The molecule has 0 unspecified atom stereocenters. The zero-order valence-electron chi connectivity index (χ0n) is 5.00. The van der Waals surface area contributed by atoms with Crippen molar-refractivity contribution in [1.82, 2.24) is 15.2 Å². The maximum atomic E-state index is 5.59. The van der Waals surface area contributed by atoms with E-state index in [1.807, 2.05) is 6.07 Å². The van der Waals surface area contributed by atoms with Crippen LogP contribution in [-0.4, -0.2) is 15.2 Å². The summed E-state index contributed by atoms with van der Waals surface area (Å²) in [6.07, 6.45) is 1.71. The first-order valence-corrected chi connectivity index (χ1v) is 3.20. The first kappa shape index (κ1) is 5.68. The molecule has 0 fully saturated rings. The van der Waals surface area contributed by atoms with Gasteiger partial charge in [0.25, 0.3) is 0 Å². The lowest BCUT2D eigenvalue weighted by molar-refractivity contribution is 1.03. The van der Waals surface area contributed by atoms with Crippen molar-refractivity contribution < 1.29 is 0 Å². The first-order valence-electron chi connectivity index (χ1n) is 2.82. The van der Waals surface area contributed by atoms with Gasteiger partial charge in [-0.1, -0.05) is 11.6 Å². The molecule has 0 saturated carbocycles. The summed E-state index contributed by atoms with van der Waals surface area (Å²) in [5, 5.41) is 6.97. The molecule has 0 aromatic carbocycles. The monoisotopic (exact) mass is 153 g/mol. The minimum atomic E-state index is 0.436. The third-order valence-corrected chi connectivity index (χ3v) is 1.46. The first-order chi connectivity index (χ1) is 4.86. The molecule has 0 aromatic heterocycles. The minimum Gasteiger partial charge on any atom is -0.275 e. The maximum absolute atomic E-state index is 5.59. The quantitative estimate of drug-likeness (QED) is 0.624. The van der Waals surface area contributed by atoms with E-state index in [0.717, 1.165) is 11.4 Å². The highest BCUT2D eigenvalue weighted by Crippen LogP contribution is 2.17. The molecule has 0 spiro atoms. The van der Waals surface area contributed by atoms with Crippen molar-refractivity contribution in [3.63, 3.8) is 0 Å². The third kappa shape index (κ3) is 0.752. The SMILES string of the molecule is Clc1cc2nccc-2[nH]n1. The summed E-state index contributed by atoms with van der Waals surface area (Å²) in [5.74, 6) is 0. The van der Waals surface area contributed by atoms with E-state index in [1.165, 1.54) is 0 Å². The van der Waals surface area contributed by atoms with Crippen LogP contribution in [0.5, 0.6) is 0 Å². The molecule has 0 amide bonds. The number of halogens is 1.